The maximum Gasteiger partial charge on any atom is 0.398 e. The van der Waals surface area contributed by atoms with Crippen molar-refractivity contribution in [2.75, 3.05) is 5.73 Å². The van der Waals surface area contributed by atoms with Gasteiger partial charge in [0.05, 0.1) is 11.6 Å². The molecule has 0 saturated carbocycles. The molecular weight excluding hydrogens is 408 g/mol. The predicted molar refractivity (Wildman–Crippen MR) is 108 cm³/mol. The fraction of sp³-hybridized carbons (Fsp3) is 0.474. The smallest absolute Gasteiger partial charge is 0.375 e. The monoisotopic (exact) mass is 434 g/mol. The molecule has 1 aliphatic rings. The third-order valence-corrected chi connectivity index (χ3v) is 4.89. The van der Waals surface area contributed by atoms with E-state index in [1.54, 1.807) is 0 Å². The van der Waals surface area contributed by atoms with E-state index in [0.29, 0.717) is 36.5 Å². The average molecular weight is 435 g/mol. The summed E-state index contributed by atoms with van der Waals surface area (Å²) in [6.45, 7) is 8.39. The molecule has 0 aromatic carbocycles. The van der Waals surface area contributed by atoms with Gasteiger partial charge in [-0.3, -0.25) is 0 Å². The van der Waals surface area contributed by atoms with Crippen LogP contribution in [-0.4, -0.2) is 23.2 Å². The second-order valence-corrected chi connectivity index (χ2v) is 7.25. The van der Waals surface area contributed by atoms with E-state index in [1.165, 1.54) is 18.3 Å². The number of halogens is 4. The van der Waals surface area contributed by atoms with Crippen LogP contribution in [0.3, 0.4) is 0 Å². The normalized spacial score (nSPS) is 18.1. The van der Waals surface area contributed by atoms with Crippen LogP contribution in [0.15, 0.2) is 36.3 Å². The SMILES string of the molecule is C=CC(F)=CC(/C=C(\C)NC(=O)NC1CCc2nc(N)sc2C1)C(F)(F)F.CC. The van der Waals surface area contributed by atoms with Gasteiger partial charge in [-0.25, -0.2) is 14.2 Å². The number of rotatable bonds is 5. The first-order valence-corrected chi connectivity index (χ1v) is 9.96. The largest absolute Gasteiger partial charge is 0.398 e. The van der Waals surface area contributed by atoms with Gasteiger partial charge in [0.25, 0.3) is 0 Å². The van der Waals surface area contributed by atoms with Gasteiger partial charge < -0.3 is 16.4 Å². The number of thiazole rings is 1. The highest BCUT2D eigenvalue weighted by Gasteiger charge is 2.37. The number of hydrogen-bond acceptors (Lipinski definition) is 4. The maximum atomic E-state index is 13.2. The summed E-state index contributed by atoms with van der Waals surface area (Å²) in [6, 6.07) is -0.787. The molecule has 4 N–H and O–H groups in total. The van der Waals surface area contributed by atoms with Crippen LogP contribution in [0.1, 0.15) is 37.8 Å². The number of alkyl halides is 3. The molecule has 2 amide bonds. The number of nitrogens with zero attached hydrogens (tertiary/aromatic N) is 1. The summed E-state index contributed by atoms with van der Waals surface area (Å²) < 4.78 is 52.1. The van der Waals surface area contributed by atoms with Crippen molar-refractivity contribution in [3.63, 3.8) is 0 Å². The first kappa shape index (κ1) is 24.7. The average Bonchev–Trinajstić information content (AvgIpc) is 3.01. The molecule has 2 rings (SSSR count). The van der Waals surface area contributed by atoms with Crippen LogP contribution in [0.4, 0.5) is 27.5 Å². The highest BCUT2D eigenvalue weighted by molar-refractivity contribution is 7.15. The molecule has 1 heterocycles. The lowest BCUT2D eigenvalue weighted by Gasteiger charge is -2.23. The van der Waals surface area contributed by atoms with E-state index in [2.05, 4.69) is 22.2 Å². The van der Waals surface area contributed by atoms with Crippen molar-refractivity contribution in [1.29, 1.82) is 0 Å². The highest BCUT2D eigenvalue weighted by Crippen LogP contribution is 2.30. The number of fused-ring (bicyclic) bond motifs is 1. The molecule has 1 aliphatic carbocycles. The lowest BCUT2D eigenvalue weighted by molar-refractivity contribution is -0.149. The van der Waals surface area contributed by atoms with E-state index in [1.807, 2.05) is 13.8 Å². The Balaban J connectivity index is 0.00000204. The topological polar surface area (TPSA) is 80.0 Å². The first-order chi connectivity index (χ1) is 13.6. The third kappa shape index (κ3) is 7.88. The van der Waals surface area contributed by atoms with E-state index in [4.69, 9.17) is 5.73 Å². The molecule has 0 bridgehead atoms. The minimum absolute atomic E-state index is 0.0403. The Labute approximate surface area is 171 Å². The molecule has 0 saturated heterocycles. The standard InChI is InChI=1S/C17H20F4N4OS.C2H6/c1-3-11(18)7-10(17(19,20)21)6-9(2)23-16(26)24-12-4-5-13-14(8-12)27-15(22)25-13;1-2/h3,6-7,10,12H,1,4-5,8H2,2H3,(H2,22,25)(H2,23,24,26);1-2H3/b9-6+,11-7?;. The summed E-state index contributed by atoms with van der Waals surface area (Å²) in [5.74, 6) is -3.26. The number of urea groups is 1. The second kappa shape index (κ2) is 11.0. The Morgan fingerprint density at radius 2 is 2.03 bits per heavy atom. The summed E-state index contributed by atoms with van der Waals surface area (Å²) in [7, 11) is 0. The van der Waals surface area contributed by atoms with Crippen molar-refractivity contribution in [3.05, 3.63) is 46.9 Å². The molecule has 5 nitrogen and oxygen atoms in total. The number of amides is 2. The summed E-state index contributed by atoms with van der Waals surface area (Å²) in [6.07, 6.45) is -0.968. The molecule has 2 unspecified atom stereocenters. The van der Waals surface area contributed by atoms with Crippen LogP contribution < -0.4 is 16.4 Å². The summed E-state index contributed by atoms with van der Waals surface area (Å²) >= 11 is 1.36. The van der Waals surface area contributed by atoms with Crippen LogP contribution in [0.5, 0.6) is 0 Å². The van der Waals surface area contributed by atoms with Gasteiger partial charge in [0.1, 0.15) is 5.83 Å². The molecule has 162 valence electrons. The lowest BCUT2D eigenvalue weighted by atomic mass is 9.98. The molecule has 0 spiro atoms. The number of nitrogens with one attached hydrogen (secondary N) is 2. The number of aryl methyl sites for hydroxylation is 1. The molecule has 1 aromatic rings. The summed E-state index contributed by atoms with van der Waals surface area (Å²) in [5.41, 5.74) is 6.55. The van der Waals surface area contributed by atoms with E-state index < -0.39 is 24.0 Å². The van der Waals surface area contributed by atoms with E-state index in [9.17, 15) is 22.4 Å². The molecule has 0 fully saturated rings. The number of carbonyl (C=O) groups is 1. The van der Waals surface area contributed by atoms with E-state index in [0.717, 1.165) is 16.6 Å². The number of nitrogens with two attached hydrogens (primary N) is 1. The maximum absolute atomic E-state index is 13.2. The van der Waals surface area contributed by atoms with Crippen LogP contribution in [-0.2, 0) is 12.8 Å². The highest BCUT2D eigenvalue weighted by atomic mass is 32.1. The molecule has 1 aromatic heterocycles. The number of aromatic nitrogens is 1. The minimum atomic E-state index is -4.69. The third-order valence-electron chi connectivity index (χ3n) is 3.94. The summed E-state index contributed by atoms with van der Waals surface area (Å²) in [5, 5.41) is 5.54. The molecule has 2 atom stereocenters. The van der Waals surface area contributed by atoms with Gasteiger partial charge in [0.2, 0.25) is 0 Å². The Morgan fingerprint density at radius 3 is 2.62 bits per heavy atom. The Morgan fingerprint density at radius 1 is 1.38 bits per heavy atom. The van der Waals surface area contributed by atoms with Crippen LogP contribution in [0.2, 0.25) is 0 Å². The quantitative estimate of drug-likeness (QED) is 0.449. The summed E-state index contributed by atoms with van der Waals surface area (Å²) in [4.78, 5) is 17.3. The van der Waals surface area contributed by atoms with Gasteiger partial charge in [-0.1, -0.05) is 20.4 Å². The zero-order chi connectivity index (χ0) is 22.2. The molecule has 0 radical (unpaired) electrons. The Hall–Kier alpha value is -2.36. The fourth-order valence-corrected chi connectivity index (χ4v) is 3.66. The van der Waals surface area contributed by atoms with Crippen molar-refractivity contribution >= 4 is 22.5 Å². The van der Waals surface area contributed by atoms with Crippen LogP contribution in [0.25, 0.3) is 0 Å². The van der Waals surface area contributed by atoms with Crippen LogP contribution >= 0.6 is 11.3 Å². The second-order valence-electron chi connectivity index (χ2n) is 6.13. The molecule has 10 heteroatoms. The van der Waals surface area contributed by atoms with Crippen molar-refractivity contribution in [1.82, 2.24) is 15.6 Å². The first-order valence-electron chi connectivity index (χ1n) is 9.15. The zero-order valence-electron chi connectivity index (χ0n) is 16.6. The molecule has 29 heavy (non-hydrogen) atoms. The van der Waals surface area contributed by atoms with E-state index >= 15 is 0 Å². The van der Waals surface area contributed by atoms with Gasteiger partial charge in [-0.15, -0.1) is 11.3 Å². The number of anilines is 1. The number of nitrogen functional groups attached to an aromatic ring is 1. The Bertz CT molecular complexity index is 771. The predicted octanol–water partition coefficient (Wildman–Crippen LogP) is 5.03. The number of hydrogen-bond donors (Lipinski definition) is 3. The van der Waals surface area contributed by atoms with Crippen molar-refractivity contribution < 1.29 is 22.4 Å². The van der Waals surface area contributed by atoms with Gasteiger partial charge in [0.15, 0.2) is 5.13 Å². The van der Waals surface area contributed by atoms with E-state index in [-0.39, 0.29) is 11.7 Å². The van der Waals surface area contributed by atoms with Crippen molar-refractivity contribution in [2.24, 2.45) is 5.92 Å². The zero-order valence-corrected chi connectivity index (χ0v) is 17.4. The van der Waals surface area contributed by atoms with Crippen molar-refractivity contribution in [2.45, 2.75) is 52.3 Å². The Kier molecular flexibility index (Phi) is 9.35. The van der Waals surface area contributed by atoms with Crippen molar-refractivity contribution in [3.8, 4) is 0 Å². The number of carbonyl (C=O) groups excluding carboxylic acids is 1. The molecular formula is C19H26F4N4OS. The van der Waals surface area contributed by atoms with Gasteiger partial charge >= 0.3 is 12.2 Å². The molecule has 0 aliphatic heterocycles. The minimum Gasteiger partial charge on any atom is -0.375 e. The van der Waals surface area contributed by atoms with Gasteiger partial charge in [-0.2, -0.15) is 13.2 Å². The fourth-order valence-electron chi connectivity index (χ4n) is 2.71. The van der Waals surface area contributed by atoms with Gasteiger partial charge in [-0.05, 0) is 38.0 Å². The van der Waals surface area contributed by atoms with Gasteiger partial charge in [0, 0.05) is 23.0 Å². The number of allylic oxidation sites excluding steroid dienone is 5. The lowest BCUT2D eigenvalue weighted by Crippen LogP contribution is -2.43. The van der Waals surface area contributed by atoms with Crippen LogP contribution in [0, 0.1) is 5.92 Å².